The first kappa shape index (κ1) is 106. The minimum atomic E-state index is -3.80. The van der Waals surface area contributed by atoms with Gasteiger partial charge in [0, 0.05) is 147 Å². The second-order valence-corrected chi connectivity index (χ2v) is 48.3. The van der Waals surface area contributed by atoms with Crippen molar-refractivity contribution < 1.29 is 120 Å². The van der Waals surface area contributed by atoms with Crippen LogP contribution < -0.4 is 34.0 Å². The number of nitrogens with two attached hydrogens (primary N) is 5. The number of sulfone groups is 4. The number of ether oxygens (including phenoxy) is 1. The van der Waals surface area contributed by atoms with Crippen molar-refractivity contribution in [3.05, 3.63) is 200 Å². The predicted molar refractivity (Wildman–Crippen MR) is 491 cm³/mol. The van der Waals surface area contributed by atoms with E-state index < -0.39 is 145 Å². The highest BCUT2D eigenvalue weighted by Gasteiger charge is 2.50. The van der Waals surface area contributed by atoms with Crippen molar-refractivity contribution in [3.8, 4) is 0 Å². The molecule has 760 valence electrons. The lowest BCUT2D eigenvalue weighted by molar-refractivity contribution is -0.137. The Labute approximate surface area is 801 Å². The Kier molecular flexibility index (Phi) is 34.1. The van der Waals surface area contributed by atoms with Crippen LogP contribution in [0.5, 0.6) is 0 Å². The number of amides is 6. The number of nitrogens with one attached hydrogen (secondary N) is 1. The molecule has 1 saturated carbocycles. The van der Waals surface area contributed by atoms with Crippen LogP contribution in [-0.4, -0.2) is 214 Å². The Morgan fingerprint density at radius 3 is 1.04 bits per heavy atom. The van der Waals surface area contributed by atoms with Crippen LogP contribution >= 0.6 is 0 Å². The summed E-state index contributed by atoms with van der Waals surface area (Å²) in [4.78, 5) is 82.6. The fraction of sp³-hybridized carbons (Fsp3) is 0.571. The van der Waals surface area contributed by atoms with Gasteiger partial charge in [0.1, 0.15) is 23.3 Å². The summed E-state index contributed by atoms with van der Waals surface area (Å²) in [5.74, 6) is -15.6. The smallest absolute Gasteiger partial charge is 0.251 e. The van der Waals surface area contributed by atoms with Crippen LogP contribution in [-0.2, 0) is 95.4 Å². The fourth-order valence-corrected chi connectivity index (χ4v) is 29.0. The first-order valence-electron chi connectivity index (χ1n) is 47.9. The van der Waals surface area contributed by atoms with Gasteiger partial charge in [0.25, 0.3) is 5.91 Å². The summed E-state index contributed by atoms with van der Waals surface area (Å²) in [6.07, 6.45) is 16.4. The number of piperidine rings is 4. The summed E-state index contributed by atoms with van der Waals surface area (Å²) in [5.41, 5.74) is 31.9. The van der Waals surface area contributed by atoms with E-state index in [9.17, 15) is 115 Å². The molecule has 10 aliphatic heterocycles. The molecule has 0 radical (unpaired) electrons. The monoisotopic (exact) mass is 2030 g/mol. The molecule has 10 fully saturated rings. The Bertz CT molecular complexity index is 5990. The highest BCUT2D eigenvalue weighted by molar-refractivity contribution is 7.92. The van der Waals surface area contributed by atoms with E-state index in [0.717, 1.165) is 107 Å². The second-order valence-electron chi connectivity index (χ2n) is 39.5. The van der Waals surface area contributed by atoms with Gasteiger partial charge in [-0.1, -0.05) is 25.0 Å². The van der Waals surface area contributed by atoms with Crippen molar-refractivity contribution in [2.75, 3.05) is 41.9 Å². The van der Waals surface area contributed by atoms with Crippen LogP contribution in [0.2, 0.25) is 0 Å². The molecule has 11 aliphatic rings. The number of carbonyl (C=O) groups excluding carboxylic acids is 6. The van der Waals surface area contributed by atoms with E-state index in [-0.39, 0.29) is 225 Å². The average Bonchev–Trinajstić information content (AvgIpc) is 1.62. The number of hydrogen-bond acceptors (Lipinski definition) is 19. The zero-order chi connectivity index (χ0) is 100. The Hall–Kier alpha value is -9.10. The number of halogens is 12. The van der Waals surface area contributed by atoms with Gasteiger partial charge in [0.2, 0.25) is 29.5 Å². The molecule has 25 nitrogen and oxygen atoms in total. The molecule has 6 aromatic rings. The van der Waals surface area contributed by atoms with Crippen LogP contribution in [0, 0.1) is 93.5 Å². The molecular formula is C98H120F12N10O15S4. The maximum absolute atomic E-state index is 14.1. The summed E-state index contributed by atoms with van der Waals surface area (Å²) in [6, 6.07) is 13.1. The predicted octanol–water partition coefficient (Wildman–Crippen LogP) is 11.8. The molecule has 8 bridgehead atoms. The minimum absolute atomic E-state index is 0.00119. The molecule has 11 N–H and O–H groups in total. The third-order valence-corrected chi connectivity index (χ3v) is 37.7. The zero-order valence-electron chi connectivity index (χ0n) is 76.9. The summed E-state index contributed by atoms with van der Waals surface area (Å²) in [6.45, 7) is 1.10. The van der Waals surface area contributed by atoms with E-state index in [1.54, 1.807) is 15.9 Å². The lowest BCUT2D eigenvalue weighted by Crippen LogP contribution is -2.50. The summed E-state index contributed by atoms with van der Waals surface area (Å²) < 4.78 is 270. The quantitative estimate of drug-likeness (QED) is 0.0180. The number of rotatable bonds is 30. The highest BCUT2D eigenvalue weighted by atomic mass is 32.2. The van der Waals surface area contributed by atoms with E-state index in [4.69, 9.17) is 33.4 Å². The van der Waals surface area contributed by atoms with Gasteiger partial charge in [0.15, 0.2) is 85.9 Å². The molecule has 17 rings (SSSR count). The summed E-state index contributed by atoms with van der Waals surface area (Å²) >= 11 is 0. The topological polar surface area (TPSA) is 403 Å². The van der Waals surface area contributed by atoms with Gasteiger partial charge in [0.05, 0.1) is 49.9 Å². The maximum atomic E-state index is 14.1. The Morgan fingerprint density at radius 2 is 0.705 bits per heavy atom. The molecule has 5 unspecified atom stereocenters. The number of primary amides is 1. The SMILES string of the molecule is NC(=O)c1cccc(S(=O)(=O)CCC(=O)N2[C@@H]3CC[C@H]2CC([C@H](N)Cc2cc(F)c(F)cc2F)C3)c1.N[C@H](Cc1cc(F)c(F)cc1F)C1C[C@H]2CC[C@@H](C1)N2C(=O)CCS(=O)(=O)C1CCCC1.N[C@H](Cc1cc(F)c(F)cc1F)C1C[C@H]2CC[C@@H](C1)N2C(=O)CCS(=O)(=O)CC1CCCO1.N[C@H](Cc1cc(F)c(F)cc1F)C1C[C@H]2CC[C@@H](C1)N2C(=O)CCS(=O)(=O)c1ccc2c(c1)C(=O)NCC2. The lowest BCUT2D eigenvalue weighted by atomic mass is 9.82. The van der Waals surface area contributed by atoms with Gasteiger partial charge >= 0.3 is 0 Å². The average molecular weight is 2030 g/mol. The van der Waals surface area contributed by atoms with Gasteiger partial charge in [-0.2, -0.15) is 0 Å². The van der Waals surface area contributed by atoms with Crippen molar-refractivity contribution in [3.63, 3.8) is 0 Å². The molecule has 0 spiro atoms. The van der Waals surface area contributed by atoms with Crippen molar-refractivity contribution in [2.45, 2.75) is 293 Å². The largest absolute Gasteiger partial charge is 0.377 e. The number of hydrogen-bond donors (Lipinski definition) is 6. The van der Waals surface area contributed by atoms with E-state index in [1.807, 2.05) is 9.80 Å². The van der Waals surface area contributed by atoms with Gasteiger partial charge in [-0.05, 0) is 267 Å². The number of nitrogens with zero attached hydrogens (tertiary/aromatic N) is 4. The Balaban J connectivity index is 0.000000148. The van der Waals surface area contributed by atoms with Gasteiger partial charge in [-0.3, -0.25) is 28.8 Å². The third-order valence-electron chi connectivity index (χ3n) is 30.3. The highest BCUT2D eigenvalue weighted by Crippen LogP contribution is 2.46. The third kappa shape index (κ3) is 25.6. The van der Waals surface area contributed by atoms with E-state index in [2.05, 4.69) is 5.32 Å². The molecule has 17 atom stereocenters. The van der Waals surface area contributed by atoms with Crippen LogP contribution in [0.25, 0.3) is 0 Å². The summed E-state index contributed by atoms with van der Waals surface area (Å²) in [5, 5.41) is 2.41. The van der Waals surface area contributed by atoms with Crippen molar-refractivity contribution in [2.24, 2.45) is 52.3 Å². The minimum Gasteiger partial charge on any atom is -0.377 e. The molecule has 41 heteroatoms. The van der Waals surface area contributed by atoms with E-state index >= 15 is 0 Å². The zero-order valence-corrected chi connectivity index (χ0v) is 80.2. The maximum Gasteiger partial charge on any atom is 0.251 e. The molecule has 1 aliphatic carbocycles. The molecule has 6 aromatic carbocycles. The van der Waals surface area contributed by atoms with Crippen LogP contribution in [0.4, 0.5) is 52.7 Å². The standard InChI is InChI=1S/C27H30F3N3O4S.C25H28F3N3O4S.C23H31F3N2O4S.C23H31F3N2O3S/c28-22-14-24(30)23(29)11-16(22)12-25(31)17-9-18-2-3-19(10-17)33(18)26(34)6-8-38(36,37)20-4-1-15-5-7-32-27(35)21(15)13-20;26-20-13-22(28)21(27)11-15(20)12-23(29)16-8-17-4-5-18(9-16)31(17)24(32)6-7-36(34,35)19-3-1-2-14(10-19)25(30)33;24-19-12-21(26)20(25)10-14(19)11-22(27)15-8-16-3-4-17(9-15)28(16)23(29)5-7-33(30,31)13-18-2-1-6-32-18;24-19-13-21(26)20(25)11-14(19)12-22(27)15-9-16-5-6-17(10-15)28(16)23(29)7-8-32(30,31)18-3-1-2-4-18/h1,4,11,13-14,17-19,25H,2-3,5-10,12,31H2,(H,32,35);1-3,10-11,13,16-18,23H,4-9,12,29H2,(H2,30,33);10,12,15-18,22H,1-9,11,13,27H2;11,13,15-18,22H,1-10,12,27H2/t17?,18-,19+,25-;16?,17-,18+,23-;15?,16-,17+,18?,22-;15?,16-,17+,22-/m1111/s1. The molecule has 9 saturated heterocycles. The molecule has 0 aromatic heterocycles. The number of benzene rings is 6. The van der Waals surface area contributed by atoms with Crippen LogP contribution in [0.1, 0.15) is 215 Å². The second kappa shape index (κ2) is 44.8. The fourth-order valence-electron chi connectivity index (χ4n) is 23.1. The lowest BCUT2D eigenvalue weighted by Gasteiger charge is -2.41. The molecular weight excluding hydrogens is 1910 g/mol. The Morgan fingerprint density at radius 1 is 0.381 bits per heavy atom. The normalized spacial score (nSPS) is 25.2. The number of carbonyl (C=O) groups is 6. The number of fused-ring (bicyclic) bond motifs is 9. The van der Waals surface area contributed by atoms with E-state index in [0.29, 0.717) is 114 Å². The van der Waals surface area contributed by atoms with E-state index in [1.165, 1.54) is 36.4 Å². The van der Waals surface area contributed by atoms with Crippen LogP contribution in [0.3, 0.4) is 0 Å². The van der Waals surface area contributed by atoms with Gasteiger partial charge in [-0.15, -0.1) is 0 Å². The van der Waals surface area contributed by atoms with Gasteiger partial charge in [-0.25, -0.2) is 86.4 Å². The molecule has 6 amide bonds. The van der Waals surface area contributed by atoms with Crippen LogP contribution in [0.15, 0.2) is 101 Å². The molecule has 139 heavy (non-hydrogen) atoms. The molecule has 10 heterocycles. The first-order valence-corrected chi connectivity index (χ1v) is 54.7. The van der Waals surface area contributed by atoms with Gasteiger partial charge < -0.3 is 58.3 Å². The summed E-state index contributed by atoms with van der Waals surface area (Å²) in [7, 11) is -14.2. The first-order chi connectivity index (χ1) is 65.8. The van der Waals surface area contributed by atoms with Crippen molar-refractivity contribution in [1.29, 1.82) is 0 Å². The van der Waals surface area contributed by atoms with Crippen molar-refractivity contribution in [1.82, 2.24) is 24.9 Å². The van der Waals surface area contributed by atoms with Crippen molar-refractivity contribution >= 4 is 74.8 Å².